The fourth-order valence-corrected chi connectivity index (χ4v) is 11.9. The summed E-state index contributed by atoms with van der Waals surface area (Å²) in [5.74, 6) is -3.77. The number of aldehydes is 1. The number of rotatable bonds is 12. The van der Waals surface area contributed by atoms with Crippen LogP contribution in [0, 0.1) is 16.0 Å². The van der Waals surface area contributed by atoms with Crippen molar-refractivity contribution in [3.63, 3.8) is 0 Å². The summed E-state index contributed by atoms with van der Waals surface area (Å²) in [4.78, 5) is 203. The number of non-ortho nitro benzene ring substituents is 1. The van der Waals surface area contributed by atoms with Gasteiger partial charge in [0.1, 0.15) is 62.9 Å². The number of ether oxygens (including phenoxy) is 13. The summed E-state index contributed by atoms with van der Waals surface area (Å²) in [5, 5.41) is 29.7. The number of halogens is 1. The number of aliphatic carboxylic acids is 1. The Kier molecular flexibility index (Phi) is 39.1. The van der Waals surface area contributed by atoms with Crippen LogP contribution in [0.4, 0.5) is 48.8 Å². The third-order valence-electron chi connectivity index (χ3n) is 16.7. The zero-order valence-corrected chi connectivity index (χ0v) is 75.6. The molecule has 0 radical (unpaired) electrons. The van der Waals surface area contributed by atoms with Gasteiger partial charge in [-0.3, -0.25) is 44.4 Å². The lowest BCUT2D eigenvalue weighted by molar-refractivity contribution is -0.384. The predicted molar refractivity (Wildman–Crippen MR) is 430 cm³/mol. The minimum atomic E-state index is -1.67. The molecule has 686 valence electrons. The number of amides is 8. The van der Waals surface area contributed by atoms with Crippen molar-refractivity contribution in [2.45, 2.75) is 285 Å². The molecule has 1 saturated carbocycles. The van der Waals surface area contributed by atoms with Gasteiger partial charge in [-0.2, -0.15) is 0 Å². The van der Waals surface area contributed by atoms with E-state index < -0.39 is 189 Å². The number of nitro groups is 1. The van der Waals surface area contributed by atoms with Gasteiger partial charge < -0.3 is 81.5 Å². The Morgan fingerprint density at radius 3 is 0.909 bits per heavy atom. The lowest BCUT2D eigenvalue weighted by Crippen LogP contribution is -2.68. The number of benzene rings is 1. The van der Waals surface area contributed by atoms with E-state index >= 15 is 0 Å². The van der Waals surface area contributed by atoms with Crippen LogP contribution in [0.25, 0.3) is 0 Å². The van der Waals surface area contributed by atoms with Crippen molar-refractivity contribution >= 4 is 108 Å². The van der Waals surface area contributed by atoms with Gasteiger partial charge in [-0.1, -0.05) is 12.8 Å². The SMILES string of the molecule is COC(=O)[C@H]1[C@H](C(=O)O)N(C(=O)OC(C)(C)C)CCN1C(=O)OC(C)(C)C.COC(=O)[C@H]1[C@H](C=O)N(C(=O)OC(C)(C)C)CCN1C(=O)OC(C)(C)C.COC(=O)[C@H]1[C@H](CCC2CC2)N(C(=O)OC(C)(C)C)CCN1C(=O)OC(C)(C)C.COC(=O)[C@H]1[C@H](CO)N(C(=O)OC(C)(C)C)CCN1C(=O)OC(C)(C)C.O=C(Cl)Oc1ccc([N+](=O)[O-])cc1. The van der Waals surface area contributed by atoms with Crippen molar-refractivity contribution in [3.8, 4) is 5.75 Å². The number of methoxy groups -OCH3 is 4. The number of aliphatic hydroxyl groups excluding tert-OH is 1. The zero-order chi connectivity index (χ0) is 93.6. The molecule has 42 heteroatoms. The van der Waals surface area contributed by atoms with E-state index in [4.69, 9.17) is 63.7 Å². The summed E-state index contributed by atoms with van der Waals surface area (Å²) in [6, 6.07) is -4.40. The second-order valence-corrected chi connectivity index (χ2v) is 36.4. The van der Waals surface area contributed by atoms with Crippen LogP contribution < -0.4 is 4.74 Å². The Hall–Kier alpha value is -10.5. The Labute approximate surface area is 711 Å². The Bertz CT molecular complexity index is 3770. The number of piperazine rings is 4. The van der Waals surface area contributed by atoms with Crippen LogP contribution in [-0.2, 0) is 85.6 Å². The summed E-state index contributed by atoms with van der Waals surface area (Å²) in [5.41, 5.74) is -7.14. The molecule has 1 aromatic carbocycles. The molecule has 5 aliphatic rings. The highest BCUT2D eigenvalue weighted by atomic mass is 35.5. The highest BCUT2D eigenvalue weighted by Crippen LogP contribution is 2.37. The smallest absolute Gasteiger partial charge is 0.411 e. The maximum Gasteiger partial charge on any atom is 0.411 e. The van der Waals surface area contributed by atoms with Gasteiger partial charge in [0.05, 0.1) is 52.1 Å². The normalized spacial score (nSPS) is 20.2. The van der Waals surface area contributed by atoms with E-state index in [0.717, 1.165) is 53.1 Å². The van der Waals surface area contributed by atoms with Crippen LogP contribution in [0.3, 0.4) is 0 Å². The molecule has 8 amide bonds. The van der Waals surface area contributed by atoms with Gasteiger partial charge in [0.25, 0.3) is 5.69 Å². The number of carboxylic acid groups (broad SMARTS) is 1. The van der Waals surface area contributed by atoms with Crippen molar-refractivity contribution in [3.05, 3.63) is 34.4 Å². The van der Waals surface area contributed by atoms with Gasteiger partial charge in [-0.05, 0) is 197 Å². The van der Waals surface area contributed by atoms with E-state index in [1.807, 2.05) is 0 Å². The number of hydrogen-bond donors (Lipinski definition) is 2. The van der Waals surface area contributed by atoms with Crippen LogP contribution in [0.5, 0.6) is 5.75 Å². The van der Waals surface area contributed by atoms with Gasteiger partial charge >= 0.3 is 84.0 Å². The molecule has 0 spiro atoms. The Morgan fingerprint density at radius 2 is 0.636 bits per heavy atom. The average Bonchev–Trinajstić information content (AvgIpc) is 1.81. The number of nitro benzene ring substituents is 1. The first kappa shape index (κ1) is 107. The third kappa shape index (κ3) is 36.0. The Balaban J connectivity index is 0.000000521. The first-order valence-corrected chi connectivity index (χ1v) is 39.3. The van der Waals surface area contributed by atoms with Gasteiger partial charge in [0.15, 0.2) is 30.2 Å². The standard InChI is InChI=1S/C21H36N2O6.C17H28N2O8.C17H30N2O7.C17H28N2O7.C7H4ClNO4/c1-20(2,3)28-18(25)22-12-13-23(19(26)29-21(4,5)6)16(17(24)27-7)15(22)11-10-14-8-9-14;1-16(2,3)26-14(23)18-8-9-19(15(24)27-17(4,5)6)11(13(22)25-7)10(18)12(20)21;2*1-16(2,3)25-14(22)18-8-9-19(15(23)26-17(4,5)6)12(11(18)10-20)13(21)24-7;8-7(10)13-6-3-1-5(2-4-6)9(11)12/h14-16H,8-13H2,1-7H3;10-11H,8-9H2,1-7H3,(H,20,21);11-12,20H,8-10H2,1-7H3;10-12H,8-9H2,1-7H3;1-4H/t15-,16+;10-,11-;2*11-,12+;/m0100./s1. The molecule has 0 aromatic heterocycles. The summed E-state index contributed by atoms with van der Waals surface area (Å²) < 4.78 is 66.5. The van der Waals surface area contributed by atoms with Crippen molar-refractivity contribution in [2.24, 2.45) is 5.92 Å². The number of carbonyl (C=O) groups excluding carboxylic acids is 14. The van der Waals surface area contributed by atoms with Gasteiger partial charge in [0.2, 0.25) is 0 Å². The lowest BCUT2D eigenvalue weighted by atomic mass is 9.95. The first-order chi connectivity index (χ1) is 55.2. The number of carbonyl (C=O) groups is 15. The van der Waals surface area contributed by atoms with Crippen LogP contribution in [0.15, 0.2) is 24.3 Å². The summed E-state index contributed by atoms with van der Waals surface area (Å²) in [6.45, 7) is 40.8. The minimum absolute atomic E-state index is 0.00172. The third-order valence-corrected chi connectivity index (χ3v) is 16.8. The van der Waals surface area contributed by atoms with E-state index in [-0.39, 0.29) is 63.8 Å². The molecule has 6 rings (SSSR count). The number of carboxylic acids is 1. The van der Waals surface area contributed by atoms with Crippen molar-refractivity contribution in [2.75, 3.05) is 87.4 Å². The topological polar surface area (TPSA) is 486 Å². The largest absolute Gasteiger partial charge is 0.480 e. The monoisotopic (exact) mass is 1750 g/mol. The van der Waals surface area contributed by atoms with Gasteiger partial charge in [0, 0.05) is 76.1 Å². The maximum absolute atomic E-state index is 12.9. The van der Waals surface area contributed by atoms with Gasteiger partial charge in [-0.25, -0.2) is 67.1 Å². The number of hydrogen-bond acceptors (Lipinski definition) is 31. The van der Waals surface area contributed by atoms with Crippen LogP contribution >= 0.6 is 11.6 Å². The highest BCUT2D eigenvalue weighted by molar-refractivity contribution is 6.61. The van der Waals surface area contributed by atoms with Gasteiger partial charge in [-0.15, -0.1) is 0 Å². The molecule has 4 saturated heterocycles. The number of esters is 4. The molecule has 0 unspecified atom stereocenters. The van der Waals surface area contributed by atoms with Crippen molar-refractivity contribution < 1.29 is 149 Å². The fraction of sp³-hybridized carbons (Fsp3) is 0.734. The van der Waals surface area contributed by atoms with Crippen LogP contribution in [0.1, 0.15) is 192 Å². The lowest BCUT2D eigenvalue weighted by Gasteiger charge is -2.46. The molecule has 1 aromatic rings. The highest BCUT2D eigenvalue weighted by Gasteiger charge is 2.54. The first-order valence-electron chi connectivity index (χ1n) is 38.9. The summed E-state index contributed by atoms with van der Waals surface area (Å²) in [6.07, 6.45) is -1.45. The molecular formula is C79H126ClN9O32. The van der Waals surface area contributed by atoms with Crippen molar-refractivity contribution in [1.82, 2.24) is 39.2 Å². The molecule has 8 atom stereocenters. The molecule has 5 fully saturated rings. The second kappa shape index (κ2) is 44.4. The number of nitrogens with zero attached hydrogens (tertiary/aromatic N) is 9. The molecule has 0 bridgehead atoms. The molecule has 1 aliphatic carbocycles. The average molecular weight is 1750 g/mol. The molecule has 2 N–H and O–H groups in total. The maximum atomic E-state index is 12.9. The molecule has 4 heterocycles. The van der Waals surface area contributed by atoms with E-state index in [1.54, 1.807) is 171 Å². The second-order valence-electron chi connectivity index (χ2n) is 36.1. The molecular weight excluding hydrogens is 1620 g/mol. The molecule has 121 heavy (non-hydrogen) atoms. The zero-order valence-electron chi connectivity index (χ0n) is 74.8. The number of aliphatic hydroxyl groups is 1. The summed E-state index contributed by atoms with van der Waals surface area (Å²) >= 11 is 4.92. The quantitative estimate of drug-likeness (QED) is 0.0490. The van der Waals surface area contributed by atoms with Crippen molar-refractivity contribution in [1.29, 1.82) is 0 Å². The fourth-order valence-electron chi connectivity index (χ4n) is 11.8. The van der Waals surface area contributed by atoms with E-state index in [1.165, 1.54) is 53.2 Å². The van der Waals surface area contributed by atoms with Crippen LogP contribution in [-0.4, -0.2) is 325 Å². The predicted octanol–water partition coefficient (Wildman–Crippen LogP) is 10.3. The van der Waals surface area contributed by atoms with E-state index in [9.17, 15) is 92.2 Å². The van der Waals surface area contributed by atoms with E-state index in [0.29, 0.717) is 18.6 Å². The summed E-state index contributed by atoms with van der Waals surface area (Å²) in [7, 11) is 4.68. The van der Waals surface area contributed by atoms with Crippen LogP contribution in [0.2, 0.25) is 0 Å². The minimum Gasteiger partial charge on any atom is -0.480 e. The molecule has 4 aliphatic heterocycles. The van der Waals surface area contributed by atoms with E-state index in [2.05, 4.69) is 9.47 Å². The Morgan fingerprint density at radius 1 is 0.388 bits per heavy atom. The molecule has 41 nitrogen and oxygen atoms in total.